The molecule has 0 heterocycles. The zero-order valence-electron chi connectivity index (χ0n) is 11.2. The van der Waals surface area contributed by atoms with Gasteiger partial charge in [0.15, 0.2) is 0 Å². The van der Waals surface area contributed by atoms with E-state index in [0.717, 1.165) is 16.9 Å². The molecule has 2 nitrogen and oxygen atoms in total. The van der Waals surface area contributed by atoms with Gasteiger partial charge in [0.2, 0.25) is 0 Å². The van der Waals surface area contributed by atoms with E-state index in [1.54, 1.807) is 18.2 Å². The van der Waals surface area contributed by atoms with Gasteiger partial charge in [0, 0.05) is 17.7 Å². The average Bonchev–Trinajstić information content (AvgIpc) is 2.41. The maximum Gasteiger partial charge on any atom is 0.134 e. The van der Waals surface area contributed by atoms with Crippen LogP contribution in [0, 0.1) is 19.7 Å². The first-order valence-electron chi connectivity index (χ1n) is 6.28. The van der Waals surface area contributed by atoms with Crippen molar-refractivity contribution >= 4 is 0 Å². The minimum Gasteiger partial charge on any atom is -0.489 e. The molecule has 0 atom stereocenters. The van der Waals surface area contributed by atoms with E-state index in [-0.39, 0.29) is 19.0 Å². The van der Waals surface area contributed by atoms with Crippen LogP contribution in [0.25, 0.3) is 0 Å². The molecule has 0 aliphatic rings. The molecule has 100 valence electrons. The van der Waals surface area contributed by atoms with Crippen molar-refractivity contribution in [2.24, 2.45) is 5.73 Å². The van der Waals surface area contributed by atoms with Gasteiger partial charge in [-0.05, 0) is 31.0 Å². The Balaban J connectivity index is 2.17. The molecule has 0 spiro atoms. The van der Waals surface area contributed by atoms with Crippen molar-refractivity contribution in [2.75, 3.05) is 0 Å². The van der Waals surface area contributed by atoms with Crippen molar-refractivity contribution in [2.45, 2.75) is 27.0 Å². The second-order valence-corrected chi connectivity index (χ2v) is 4.65. The van der Waals surface area contributed by atoms with Crippen molar-refractivity contribution in [3.63, 3.8) is 0 Å². The lowest BCUT2D eigenvalue weighted by atomic mass is 10.1. The van der Waals surface area contributed by atoms with Gasteiger partial charge in [0.05, 0.1) is 0 Å². The summed E-state index contributed by atoms with van der Waals surface area (Å²) in [7, 11) is 0. The Hall–Kier alpha value is -1.87. The molecule has 0 aromatic heterocycles. The van der Waals surface area contributed by atoms with Crippen molar-refractivity contribution in [3.8, 4) is 5.75 Å². The maximum absolute atomic E-state index is 14.0. The number of hydrogen-bond donors (Lipinski definition) is 1. The summed E-state index contributed by atoms with van der Waals surface area (Å²) in [5, 5.41) is 0. The zero-order chi connectivity index (χ0) is 13.8. The number of rotatable bonds is 4. The van der Waals surface area contributed by atoms with Crippen molar-refractivity contribution in [3.05, 3.63) is 64.5 Å². The molecule has 0 fully saturated rings. The van der Waals surface area contributed by atoms with Gasteiger partial charge >= 0.3 is 0 Å². The lowest BCUT2D eigenvalue weighted by molar-refractivity contribution is 0.297. The first kappa shape index (κ1) is 13.6. The first-order valence-corrected chi connectivity index (χ1v) is 6.28. The summed E-state index contributed by atoms with van der Waals surface area (Å²) >= 11 is 0. The smallest absolute Gasteiger partial charge is 0.134 e. The van der Waals surface area contributed by atoms with Gasteiger partial charge in [-0.1, -0.05) is 30.3 Å². The summed E-state index contributed by atoms with van der Waals surface area (Å²) in [5.74, 6) is 0.521. The molecule has 0 saturated carbocycles. The second-order valence-electron chi connectivity index (χ2n) is 4.65. The normalized spacial score (nSPS) is 10.5. The fourth-order valence-electron chi connectivity index (χ4n) is 1.92. The molecular weight excluding hydrogens is 241 g/mol. The third-order valence-electron chi connectivity index (χ3n) is 3.11. The van der Waals surface area contributed by atoms with E-state index in [9.17, 15) is 4.39 Å². The molecule has 2 N–H and O–H groups in total. The van der Waals surface area contributed by atoms with E-state index in [1.165, 1.54) is 0 Å². The highest BCUT2D eigenvalue weighted by Crippen LogP contribution is 2.21. The van der Waals surface area contributed by atoms with Crippen molar-refractivity contribution in [1.29, 1.82) is 0 Å². The molecule has 19 heavy (non-hydrogen) atoms. The first-order chi connectivity index (χ1) is 9.11. The lowest BCUT2D eigenvalue weighted by Crippen LogP contribution is -2.05. The SMILES string of the molecule is Cc1ccc(C)c(OCc2cccc(CN)c2F)c1. The van der Waals surface area contributed by atoms with Crippen LogP contribution in [0.1, 0.15) is 22.3 Å². The molecular formula is C16H18FNO. The van der Waals surface area contributed by atoms with E-state index >= 15 is 0 Å². The summed E-state index contributed by atoms with van der Waals surface area (Å²) in [6, 6.07) is 11.2. The largest absolute Gasteiger partial charge is 0.489 e. The standard InChI is InChI=1S/C16H18FNO/c1-11-6-7-12(2)15(8-11)19-10-14-5-3-4-13(9-18)16(14)17/h3-8H,9-10,18H2,1-2H3. The summed E-state index contributed by atoms with van der Waals surface area (Å²) in [6.07, 6.45) is 0. The number of nitrogens with two attached hydrogens (primary N) is 1. The number of aryl methyl sites for hydroxylation is 2. The number of benzene rings is 2. The van der Waals surface area contributed by atoms with Crippen molar-refractivity contribution in [1.82, 2.24) is 0 Å². The Morgan fingerprint density at radius 2 is 1.84 bits per heavy atom. The fourth-order valence-corrected chi connectivity index (χ4v) is 1.92. The second kappa shape index (κ2) is 5.85. The maximum atomic E-state index is 14.0. The quantitative estimate of drug-likeness (QED) is 0.912. The molecule has 2 rings (SSSR count). The highest BCUT2D eigenvalue weighted by Gasteiger charge is 2.08. The van der Waals surface area contributed by atoms with E-state index in [4.69, 9.17) is 10.5 Å². The topological polar surface area (TPSA) is 35.2 Å². The van der Waals surface area contributed by atoms with Crippen LogP contribution in [0.3, 0.4) is 0 Å². The minimum atomic E-state index is -0.268. The molecule has 0 bridgehead atoms. The highest BCUT2D eigenvalue weighted by molar-refractivity contribution is 5.36. The van der Waals surface area contributed by atoms with E-state index in [2.05, 4.69) is 0 Å². The molecule has 0 amide bonds. The van der Waals surface area contributed by atoms with Gasteiger partial charge in [-0.3, -0.25) is 0 Å². The Morgan fingerprint density at radius 1 is 1.11 bits per heavy atom. The molecule has 0 aliphatic carbocycles. The minimum absolute atomic E-state index is 0.198. The van der Waals surface area contributed by atoms with Crippen LogP contribution >= 0.6 is 0 Å². The Morgan fingerprint density at radius 3 is 2.58 bits per heavy atom. The molecule has 2 aromatic carbocycles. The van der Waals surface area contributed by atoms with Crippen molar-refractivity contribution < 1.29 is 9.13 Å². The van der Waals surface area contributed by atoms with Crippen LogP contribution in [-0.4, -0.2) is 0 Å². The number of hydrogen-bond acceptors (Lipinski definition) is 2. The average molecular weight is 259 g/mol. The third kappa shape index (κ3) is 3.12. The van der Waals surface area contributed by atoms with Gasteiger partial charge in [0.1, 0.15) is 18.2 Å². The van der Waals surface area contributed by atoms with Gasteiger partial charge in [0.25, 0.3) is 0 Å². The van der Waals surface area contributed by atoms with Crippen LogP contribution in [0.15, 0.2) is 36.4 Å². The van der Waals surface area contributed by atoms with E-state index in [1.807, 2.05) is 32.0 Å². The van der Waals surface area contributed by atoms with Crippen LogP contribution in [-0.2, 0) is 13.2 Å². The Bertz CT molecular complexity index is 581. The van der Waals surface area contributed by atoms with E-state index in [0.29, 0.717) is 11.1 Å². The number of ether oxygens (including phenoxy) is 1. The monoisotopic (exact) mass is 259 g/mol. The van der Waals surface area contributed by atoms with E-state index < -0.39 is 0 Å². The highest BCUT2D eigenvalue weighted by atomic mass is 19.1. The van der Waals surface area contributed by atoms with Crippen LogP contribution in [0.2, 0.25) is 0 Å². The fraction of sp³-hybridized carbons (Fsp3) is 0.250. The van der Waals surface area contributed by atoms with Gasteiger partial charge in [-0.2, -0.15) is 0 Å². The van der Waals surface area contributed by atoms with Gasteiger partial charge in [-0.25, -0.2) is 4.39 Å². The third-order valence-corrected chi connectivity index (χ3v) is 3.11. The summed E-state index contributed by atoms with van der Waals surface area (Å²) in [5.41, 5.74) is 8.70. The zero-order valence-corrected chi connectivity index (χ0v) is 11.2. The predicted molar refractivity (Wildman–Crippen MR) is 74.5 cm³/mol. The Labute approximate surface area is 113 Å². The van der Waals surface area contributed by atoms with Crippen LogP contribution < -0.4 is 10.5 Å². The number of halogens is 1. The summed E-state index contributed by atoms with van der Waals surface area (Å²) < 4.78 is 19.7. The van der Waals surface area contributed by atoms with Crippen LogP contribution in [0.4, 0.5) is 4.39 Å². The Kier molecular flexibility index (Phi) is 4.17. The molecule has 0 unspecified atom stereocenters. The molecule has 0 radical (unpaired) electrons. The predicted octanol–water partition coefficient (Wildman–Crippen LogP) is 3.48. The lowest BCUT2D eigenvalue weighted by Gasteiger charge is -2.11. The molecule has 0 saturated heterocycles. The molecule has 2 aromatic rings. The summed E-state index contributed by atoms with van der Waals surface area (Å²) in [6.45, 7) is 4.39. The van der Waals surface area contributed by atoms with Gasteiger partial charge < -0.3 is 10.5 Å². The molecule has 3 heteroatoms. The molecule has 0 aliphatic heterocycles. The summed E-state index contributed by atoms with van der Waals surface area (Å²) in [4.78, 5) is 0. The van der Waals surface area contributed by atoms with Crippen LogP contribution in [0.5, 0.6) is 5.75 Å². The van der Waals surface area contributed by atoms with Gasteiger partial charge in [-0.15, -0.1) is 0 Å².